The summed E-state index contributed by atoms with van der Waals surface area (Å²) < 4.78 is 10.8. The van der Waals surface area contributed by atoms with Gasteiger partial charge in [0, 0.05) is 13.7 Å². The Hall–Kier alpha value is -1.10. The highest BCUT2D eigenvalue weighted by Crippen LogP contribution is 2.27. The minimum absolute atomic E-state index is 0.00310. The lowest BCUT2D eigenvalue weighted by Gasteiger charge is -2.18. The van der Waals surface area contributed by atoms with E-state index < -0.39 is 0 Å². The van der Waals surface area contributed by atoms with Gasteiger partial charge in [0.15, 0.2) is 0 Å². The number of anilines is 1. The Bertz CT molecular complexity index is 268. The molecule has 0 aliphatic carbocycles. The SMILES string of the molecule is CNc1nnc(C2CCCCO2)o1. The van der Waals surface area contributed by atoms with E-state index in [1.165, 1.54) is 6.42 Å². The fourth-order valence-electron chi connectivity index (χ4n) is 1.40. The van der Waals surface area contributed by atoms with E-state index >= 15 is 0 Å². The van der Waals surface area contributed by atoms with Crippen LogP contribution in [-0.2, 0) is 4.74 Å². The van der Waals surface area contributed by atoms with Crippen LogP contribution in [0.15, 0.2) is 4.42 Å². The molecule has 5 heteroatoms. The maximum Gasteiger partial charge on any atom is 0.315 e. The van der Waals surface area contributed by atoms with Crippen LogP contribution in [0.3, 0.4) is 0 Å². The third-order valence-electron chi connectivity index (χ3n) is 2.11. The maximum absolute atomic E-state index is 5.50. The normalized spacial score (nSPS) is 23.0. The second-order valence-corrected chi connectivity index (χ2v) is 3.05. The number of hydrogen-bond donors (Lipinski definition) is 1. The first-order chi connectivity index (χ1) is 6.40. The van der Waals surface area contributed by atoms with Crippen molar-refractivity contribution in [3.63, 3.8) is 0 Å². The molecule has 1 aliphatic heterocycles. The molecular weight excluding hydrogens is 170 g/mol. The number of nitrogens with zero attached hydrogens (tertiary/aromatic N) is 2. The first kappa shape index (κ1) is 8.50. The molecule has 1 aromatic heterocycles. The monoisotopic (exact) mass is 183 g/mol. The number of rotatable bonds is 2. The van der Waals surface area contributed by atoms with Crippen LogP contribution in [0.2, 0.25) is 0 Å². The van der Waals surface area contributed by atoms with E-state index in [0.29, 0.717) is 11.9 Å². The Labute approximate surface area is 76.5 Å². The average molecular weight is 183 g/mol. The summed E-state index contributed by atoms with van der Waals surface area (Å²) in [5, 5.41) is 10.5. The highest BCUT2D eigenvalue weighted by atomic mass is 16.5. The zero-order chi connectivity index (χ0) is 9.10. The smallest absolute Gasteiger partial charge is 0.315 e. The van der Waals surface area contributed by atoms with Crippen LogP contribution in [0.1, 0.15) is 31.3 Å². The van der Waals surface area contributed by atoms with E-state index in [1.807, 2.05) is 0 Å². The minimum atomic E-state index is 0.00310. The molecule has 2 heterocycles. The fraction of sp³-hybridized carbons (Fsp3) is 0.750. The number of hydrogen-bond acceptors (Lipinski definition) is 5. The summed E-state index contributed by atoms with van der Waals surface area (Å²) in [6.07, 6.45) is 3.28. The first-order valence-electron chi connectivity index (χ1n) is 4.53. The van der Waals surface area contributed by atoms with Crippen LogP contribution < -0.4 is 5.32 Å². The van der Waals surface area contributed by atoms with Crippen LogP contribution in [0.25, 0.3) is 0 Å². The van der Waals surface area contributed by atoms with Crippen molar-refractivity contribution in [1.82, 2.24) is 10.2 Å². The second-order valence-electron chi connectivity index (χ2n) is 3.05. The predicted molar refractivity (Wildman–Crippen MR) is 46.4 cm³/mol. The van der Waals surface area contributed by atoms with Gasteiger partial charge < -0.3 is 14.5 Å². The molecule has 2 rings (SSSR count). The highest BCUT2D eigenvalue weighted by Gasteiger charge is 2.21. The Kier molecular flexibility index (Phi) is 2.44. The molecule has 0 aromatic carbocycles. The van der Waals surface area contributed by atoms with E-state index in [1.54, 1.807) is 7.05 Å². The quantitative estimate of drug-likeness (QED) is 0.750. The molecule has 1 N–H and O–H groups in total. The van der Waals surface area contributed by atoms with Crippen LogP contribution in [-0.4, -0.2) is 23.9 Å². The molecule has 0 bridgehead atoms. The van der Waals surface area contributed by atoms with Gasteiger partial charge in [-0.25, -0.2) is 0 Å². The maximum atomic E-state index is 5.50. The molecule has 1 aliphatic rings. The molecule has 1 unspecified atom stereocenters. The molecule has 0 radical (unpaired) electrons. The topological polar surface area (TPSA) is 60.2 Å². The molecule has 0 saturated carbocycles. The van der Waals surface area contributed by atoms with E-state index in [9.17, 15) is 0 Å². The molecule has 1 aromatic rings. The lowest BCUT2D eigenvalue weighted by atomic mass is 10.1. The first-order valence-corrected chi connectivity index (χ1v) is 4.53. The van der Waals surface area contributed by atoms with Crippen molar-refractivity contribution >= 4 is 6.01 Å². The Morgan fingerprint density at radius 3 is 2.92 bits per heavy atom. The van der Waals surface area contributed by atoms with Gasteiger partial charge in [-0.2, -0.15) is 0 Å². The standard InChI is InChI=1S/C8H13N3O2/c1-9-8-11-10-7(13-8)6-4-2-3-5-12-6/h6H,2-5H2,1H3,(H,9,11). The van der Waals surface area contributed by atoms with Gasteiger partial charge in [-0.3, -0.25) is 0 Å². The van der Waals surface area contributed by atoms with Crippen molar-refractivity contribution in [2.45, 2.75) is 25.4 Å². The fourth-order valence-corrected chi connectivity index (χ4v) is 1.40. The summed E-state index contributed by atoms with van der Waals surface area (Å²) in [5.41, 5.74) is 0. The molecule has 1 fully saturated rings. The van der Waals surface area contributed by atoms with Crippen molar-refractivity contribution in [2.24, 2.45) is 0 Å². The summed E-state index contributed by atoms with van der Waals surface area (Å²) in [4.78, 5) is 0. The van der Waals surface area contributed by atoms with Crippen molar-refractivity contribution < 1.29 is 9.15 Å². The van der Waals surface area contributed by atoms with Crippen molar-refractivity contribution in [1.29, 1.82) is 0 Å². The van der Waals surface area contributed by atoms with Gasteiger partial charge >= 0.3 is 6.01 Å². The van der Waals surface area contributed by atoms with Crippen molar-refractivity contribution in [2.75, 3.05) is 19.0 Å². The summed E-state index contributed by atoms with van der Waals surface area (Å²) in [6.45, 7) is 0.794. The largest absolute Gasteiger partial charge is 0.405 e. The van der Waals surface area contributed by atoms with E-state index in [0.717, 1.165) is 19.4 Å². The molecule has 72 valence electrons. The zero-order valence-corrected chi connectivity index (χ0v) is 7.62. The Morgan fingerprint density at radius 2 is 2.31 bits per heavy atom. The molecule has 5 nitrogen and oxygen atoms in total. The van der Waals surface area contributed by atoms with Gasteiger partial charge in [-0.15, -0.1) is 5.10 Å². The number of ether oxygens (including phenoxy) is 1. The van der Waals surface area contributed by atoms with E-state index in [2.05, 4.69) is 15.5 Å². The molecular formula is C8H13N3O2. The lowest BCUT2D eigenvalue weighted by Crippen LogP contribution is -2.11. The molecule has 1 saturated heterocycles. The van der Waals surface area contributed by atoms with Crippen LogP contribution >= 0.6 is 0 Å². The van der Waals surface area contributed by atoms with Gasteiger partial charge in [-0.05, 0) is 19.3 Å². The zero-order valence-electron chi connectivity index (χ0n) is 7.62. The number of nitrogens with one attached hydrogen (secondary N) is 1. The van der Waals surface area contributed by atoms with Crippen LogP contribution in [0, 0.1) is 0 Å². The molecule has 13 heavy (non-hydrogen) atoms. The predicted octanol–water partition coefficient (Wildman–Crippen LogP) is 1.35. The third kappa shape index (κ3) is 1.80. The van der Waals surface area contributed by atoms with Gasteiger partial charge in [0.2, 0.25) is 5.89 Å². The molecule has 0 spiro atoms. The lowest BCUT2D eigenvalue weighted by molar-refractivity contribution is -0.00118. The summed E-state index contributed by atoms with van der Waals surface area (Å²) >= 11 is 0. The van der Waals surface area contributed by atoms with E-state index in [4.69, 9.17) is 9.15 Å². The van der Waals surface area contributed by atoms with Gasteiger partial charge in [-0.1, -0.05) is 5.10 Å². The van der Waals surface area contributed by atoms with Crippen molar-refractivity contribution in [3.8, 4) is 0 Å². The third-order valence-corrected chi connectivity index (χ3v) is 2.11. The summed E-state index contributed by atoms with van der Waals surface area (Å²) in [6, 6.07) is 0.448. The van der Waals surface area contributed by atoms with Crippen molar-refractivity contribution in [3.05, 3.63) is 5.89 Å². The molecule has 1 atom stereocenters. The molecule has 0 amide bonds. The van der Waals surface area contributed by atoms with Gasteiger partial charge in [0.1, 0.15) is 6.10 Å². The number of aromatic nitrogens is 2. The average Bonchev–Trinajstić information content (AvgIpc) is 2.67. The Morgan fingerprint density at radius 1 is 1.38 bits per heavy atom. The Balaban J connectivity index is 2.05. The van der Waals surface area contributed by atoms with E-state index in [-0.39, 0.29) is 6.10 Å². The summed E-state index contributed by atoms with van der Waals surface area (Å²) in [5.74, 6) is 0.587. The van der Waals surface area contributed by atoms with Gasteiger partial charge in [0.05, 0.1) is 0 Å². The highest BCUT2D eigenvalue weighted by molar-refractivity contribution is 5.14. The van der Waals surface area contributed by atoms with Crippen LogP contribution in [0.5, 0.6) is 0 Å². The van der Waals surface area contributed by atoms with Crippen LogP contribution in [0.4, 0.5) is 6.01 Å². The minimum Gasteiger partial charge on any atom is -0.405 e. The second kappa shape index (κ2) is 3.74. The van der Waals surface area contributed by atoms with Gasteiger partial charge in [0.25, 0.3) is 0 Å². The summed E-state index contributed by atoms with van der Waals surface area (Å²) in [7, 11) is 1.75.